The van der Waals surface area contributed by atoms with Crippen LogP contribution in [0.5, 0.6) is 0 Å². The molecule has 0 aliphatic heterocycles. The standard InChI is InChI=1S/C14H10BrClN2O3/c1-8-2-4-10(15)7-12(8)17-14(19)9-3-5-11(16)13(6-9)18(20)21/h2-7H,1H3,(H,17,19). The Balaban J connectivity index is 2.30. The normalized spacial score (nSPS) is 10.2. The minimum atomic E-state index is -0.622. The number of hydrogen-bond acceptors (Lipinski definition) is 3. The molecule has 0 saturated carbocycles. The number of anilines is 1. The van der Waals surface area contributed by atoms with Crippen LogP contribution < -0.4 is 5.32 Å². The average molecular weight is 370 g/mol. The van der Waals surface area contributed by atoms with Crippen molar-refractivity contribution in [3.05, 3.63) is 67.1 Å². The summed E-state index contributed by atoms with van der Waals surface area (Å²) < 4.78 is 0.825. The topological polar surface area (TPSA) is 72.2 Å². The predicted molar refractivity (Wildman–Crippen MR) is 84.9 cm³/mol. The summed E-state index contributed by atoms with van der Waals surface area (Å²) in [5.41, 5.74) is 1.39. The molecule has 108 valence electrons. The van der Waals surface area contributed by atoms with Gasteiger partial charge in [-0.25, -0.2) is 0 Å². The molecule has 0 bridgehead atoms. The van der Waals surface area contributed by atoms with E-state index in [1.54, 1.807) is 6.07 Å². The van der Waals surface area contributed by atoms with Crippen LogP contribution in [0.4, 0.5) is 11.4 Å². The van der Waals surface area contributed by atoms with Crippen molar-refractivity contribution in [1.29, 1.82) is 0 Å². The van der Waals surface area contributed by atoms with Crippen molar-refractivity contribution < 1.29 is 9.72 Å². The summed E-state index contributed by atoms with van der Waals surface area (Å²) in [6.45, 7) is 1.85. The molecular weight excluding hydrogens is 360 g/mol. The van der Waals surface area contributed by atoms with Gasteiger partial charge in [0.1, 0.15) is 5.02 Å². The third-order valence-electron chi connectivity index (χ3n) is 2.85. The lowest BCUT2D eigenvalue weighted by atomic mass is 10.1. The van der Waals surface area contributed by atoms with E-state index in [9.17, 15) is 14.9 Å². The van der Waals surface area contributed by atoms with Crippen LogP contribution in [0.15, 0.2) is 40.9 Å². The first-order chi connectivity index (χ1) is 9.88. The zero-order chi connectivity index (χ0) is 15.6. The van der Waals surface area contributed by atoms with Crippen LogP contribution in [0.25, 0.3) is 0 Å². The Hall–Kier alpha value is -1.92. The van der Waals surface area contributed by atoms with Crippen LogP contribution in [-0.2, 0) is 0 Å². The number of benzene rings is 2. The summed E-state index contributed by atoms with van der Waals surface area (Å²) in [5.74, 6) is -0.434. The largest absolute Gasteiger partial charge is 0.322 e. The number of amides is 1. The van der Waals surface area contributed by atoms with Crippen molar-refractivity contribution in [2.45, 2.75) is 6.92 Å². The van der Waals surface area contributed by atoms with E-state index in [1.807, 2.05) is 19.1 Å². The van der Waals surface area contributed by atoms with Crippen molar-refractivity contribution >= 4 is 44.8 Å². The highest BCUT2D eigenvalue weighted by Gasteiger charge is 2.16. The number of rotatable bonds is 3. The predicted octanol–water partition coefficient (Wildman–Crippen LogP) is 4.57. The van der Waals surface area contributed by atoms with Gasteiger partial charge >= 0.3 is 0 Å². The second-order valence-corrected chi connectivity index (χ2v) is 5.66. The van der Waals surface area contributed by atoms with Gasteiger partial charge in [-0.15, -0.1) is 0 Å². The van der Waals surface area contributed by atoms with Gasteiger partial charge in [-0.2, -0.15) is 0 Å². The summed E-state index contributed by atoms with van der Waals surface area (Å²) in [6.07, 6.45) is 0. The Morgan fingerprint density at radius 1 is 1.29 bits per heavy atom. The second kappa shape index (κ2) is 6.24. The molecule has 0 spiro atoms. The number of nitrogens with one attached hydrogen (secondary N) is 1. The third kappa shape index (κ3) is 3.59. The van der Waals surface area contributed by atoms with E-state index in [-0.39, 0.29) is 16.3 Å². The number of hydrogen-bond donors (Lipinski definition) is 1. The third-order valence-corrected chi connectivity index (χ3v) is 3.67. The molecule has 0 atom stereocenters. The maximum absolute atomic E-state index is 12.2. The molecule has 2 aromatic rings. The van der Waals surface area contributed by atoms with Crippen LogP contribution in [0.3, 0.4) is 0 Å². The Labute approximate surface area is 134 Å². The lowest BCUT2D eigenvalue weighted by Gasteiger charge is -2.09. The minimum Gasteiger partial charge on any atom is -0.322 e. The van der Waals surface area contributed by atoms with Crippen LogP contribution in [0.1, 0.15) is 15.9 Å². The Morgan fingerprint density at radius 3 is 2.67 bits per heavy atom. The van der Waals surface area contributed by atoms with Crippen molar-refractivity contribution in [2.24, 2.45) is 0 Å². The molecule has 2 rings (SSSR count). The van der Waals surface area contributed by atoms with Gasteiger partial charge in [0.15, 0.2) is 0 Å². The lowest BCUT2D eigenvalue weighted by molar-refractivity contribution is -0.384. The lowest BCUT2D eigenvalue weighted by Crippen LogP contribution is -2.13. The quantitative estimate of drug-likeness (QED) is 0.636. The zero-order valence-electron chi connectivity index (χ0n) is 10.9. The summed E-state index contributed by atoms with van der Waals surface area (Å²) in [4.78, 5) is 22.4. The molecule has 7 heteroatoms. The van der Waals surface area contributed by atoms with Gasteiger partial charge in [-0.05, 0) is 36.8 Å². The summed E-state index contributed by atoms with van der Waals surface area (Å²) in [6, 6.07) is 9.41. The molecule has 1 N–H and O–H groups in total. The van der Waals surface area contributed by atoms with E-state index >= 15 is 0 Å². The monoisotopic (exact) mass is 368 g/mol. The highest BCUT2D eigenvalue weighted by Crippen LogP contribution is 2.26. The summed E-state index contributed by atoms with van der Waals surface area (Å²) in [7, 11) is 0. The fraction of sp³-hybridized carbons (Fsp3) is 0.0714. The smallest absolute Gasteiger partial charge is 0.288 e. The van der Waals surface area contributed by atoms with Crippen LogP contribution in [0.2, 0.25) is 5.02 Å². The molecule has 0 aromatic heterocycles. The van der Waals surface area contributed by atoms with Crippen molar-refractivity contribution in [1.82, 2.24) is 0 Å². The van der Waals surface area contributed by atoms with Gasteiger partial charge in [0.05, 0.1) is 4.92 Å². The molecule has 0 fully saturated rings. The maximum atomic E-state index is 12.2. The van der Waals surface area contributed by atoms with Crippen molar-refractivity contribution in [3.8, 4) is 0 Å². The number of carbonyl (C=O) groups excluding carboxylic acids is 1. The van der Waals surface area contributed by atoms with Gasteiger partial charge in [-0.3, -0.25) is 14.9 Å². The fourth-order valence-corrected chi connectivity index (χ4v) is 2.26. The van der Waals surface area contributed by atoms with Gasteiger partial charge in [0.25, 0.3) is 11.6 Å². The van der Waals surface area contributed by atoms with Crippen molar-refractivity contribution in [3.63, 3.8) is 0 Å². The highest BCUT2D eigenvalue weighted by molar-refractivity contribution is 9.10. The van der Waals surface area contributed by atoms with E-state index in [0.717, 1.165) is 16.1 Å². The highest BCUT2D eigenvalue weighted by atomic mass is 79.9. The van der Waals surface area contributed by atoms with Gasteiger partial charge < -0.3 is 5.32 Å². The molecule has 0 aliphatic carbocycles. The maximum Gasteiger partial charge on any atom is 0.288 e. The van der Waals surface area contributed by atoms with Crippen LogP contribution in [-0.4, -0.2) is 10.8 Å². The molecule has 2 aromatic carbocycles. The van der Waals surface area contributed by atoms with E-state index < -0.39 is 10.8 Å². The summed E-state index contributed by atoms with van der Waals surface area (Å²) in [5, 5.41) is 13.6. The van der Waals surface area contributed by atoms with E-state index in [2.05, 4.69) is 21.2 Å². The molecule has 0 aliphatic rings. The molecule has 21 heavy (non-hydrogen) atoms. The van der Waals surface area contributed by atoms with E-state index in [1.165, 1.54) is 12.1 Å². The van der Waals surface area contributed by atoms with Gasteiger partial charge in [0, 0.05) is 21.8 Å². The average Bonchev–Trinajstić information content (AvgIpc) is 2.43. The molecule has 0 radical (unpaired) electrons. The number of aryl methyl sites for hydroxylation is 1. The molecule has 1 amide bonds. The van der Waals surface area contributed by atoms with E-state index in [0.29, 0.717) is 5.69 Å². The van der Waals surface area contributed by atoms with E-state index in [4.69, 9.17) is 11.6 Å². The second-order valence-electron chi connectivity index (χ2n) is 4.34. The Kier molecular flexibility index (Phi) is 4.59. The molecule has 0 saturated heterocycles. The van der Waals surface area contributed by atoms with Crippen LogP contribution in [0, 0.1) is 17.0 Å². The number of halogens is 2. The van der Waals surface area contributed by atoms with Gasteiger partial charge in [0.2, 0.25) is 0 Å². The molecule has 0 unspecified atom stereocenters. The minimum absolute atomic E-state index is 0.00446. The molecular formula is C14H10BrClN2O3. The number of nitro groups is 1. The first-order valence-electron chi connectivity index (χ1n) is 5.90. The number of nitrogens with zero attached hydrogens (tertiary/aromatic N) is 1. The van der Waals surface area contributed by atoms with Crippen molar-refractivity contribution in [2.75, 3.05) is 5.32 Å². The number of nitro benzene ring substituents is 1. The summed E-state index contributed by atoms with van der Waals surface area (Å²) >= 11 is 9.05. The number of carbonyl (C=O) groups is 1. The zero-order valence-corrected chi connectivity index (χ0v) is 13.2. The fourth-order valence-electron chi connectivity index (χ4n) is 1.72. The first-order valence-corrected chi connectivity index (χ1v) is 7.07. The Bertz CT molecular complexity index is 734. The van der Waals surface area contributed by atoms with Crippen LogP contribution >= 0.6 is 27.5 Å². The molecule has 0 heterocycles. The molecule has 5 nitrogen and oxygen atoms in total. The first kappa shape index (κ1) is 15.5. The SMILES string of the molecule is Cc1ccc(Br)cc1NC(=O)c1ccc(Cl)c([N+](=O)[O-])c1. The van der Waals surface area contributed by atoms with Gasteiger partial charge in [-0.1, -0.05) is 33.6 Å². The Morgan fingerprint density at radius 2 is 2.00 bits per heavy atom.